The van der Waals surface area contributed by atoms with Gasteiger partial charge >= 0.3 is 0 Å². The van der Waals surface area contributed by atoms with Crippen LogP contribution in [-0.4, -0.2) is 33.7 Å². The van der Waals surface area contributed by atoms with Crippen molar-refractivity contribution < 1.29 is 28.5 Å². The van der Waals surface area contributed by atoms with Crippen LogP contribution >= 0.6 is 0 Å². The average Bonchev–Trinajstić information content (AvgIpc) is 3.02. The molecule has 0 bridgehead atoms. The van der Waals surface area contributed by atoms with Gasteiger partial charge in [-0.25, -0.2) is 0 Å². The summed E-state index contributed by atoms with van der Waals surface area (Å²) in [6.07, 6.45) is 3.61. The van der Waals surface area contributed by atoms with Gasteiger partial charge < -0.3 is 23.7 Å². The number of methoxy groups -OCH3 is 3. The van der Waals surface area contributed by atoms with E-state index in [0.29, 0.717) is 46.5 Å². The third-order valence-corrected chi connectivity index (χ3v) is 4.40. The molecule has 0 saturated carbocycles. The molecular formula is C23H24O6. The molecule has 1 heterocycles. The van der Waals surface area contributed by atoms with Crippen LogP contribution in [0.5, 0.6) is 28.7 Å². The predicted molar refractivity (Wildman–Crippen MR) is 110 cm³/mol. The fraction of sp³-hybridized carbons (Fsp3) is 0.261. The van der Waals surface area contributed by atoms with E-state index >= 15 is 0 Å². The Morgan fingerprint density at radius 2 is 1.76 bits per heavy atom. The number of ether oxygens (including phenoxy) is 5. The molecule has 2 aromatic carbocycles. The van der Waals surface area contributed by atoms with E-state index in [1.165, 1.54) is 19.8 Å². The van der Waals surface area contributed by atoms with Gasteiger partial charge in [0.25, 0.3) is 0 Å². The minimum absolute atomic E-state index is 0.201. The first kappa shape index (κ1) is 20.3. The topological polar surface area (TPSA) is 63.2 Å². The van der Waals surface area contributed by atoms with E-state index in [-0.39, 0.29) is 11.5 Å². The highest BCUT2D eigenvalue weighted by molar-refractivity contribution is 6.14. The Bertz CT molecular complexity index is 983. The molecule has 0 saturated heterocycles. The molecule has 0 amide bonds. The van der Waals surface area contributed by atoms with E-state index in [2.05, 4.69) is 0 Å². The summed E-state index contributed by atoms with van der Waals surface area (Å²) in [7, 11) is 4.61. The highest BCUT2D eigenvalue weighted by atomic mass is 16.5. The number of carbonyl (C=O) groups excluding carboxylic acids is 1. The van der Waals surface area contributed by atoms with Crippen LogP contribution in [0.2, 0.25) is 0 Å². The second kappa shape index (κ2) is 8.73. The summed E-state index contributed by atoms with van der Waals surface area (Å²) >= 11 is 0. The first-order chi connectivity index (χ1) is 14.0. The number of carbonyl (C=O) groups is 1. The van der Waals surface area contributed by atoms with Crippen LogP contribution < -0.4 is 23.7 Å². The van der Waals surface area contributed by atoms with Gasteiger partial charge in [-0.15, -0.1) is 0 Å². The molecule has 29 heavy (non-hydrogen) atoms. The van der Waals surface area contributed by atoms with Crippen molar-refractivity contribution in [2.24, 2.45) is 0 Å². The highest BCUT2D eigenvalue weighted by Crippen LogP contribution is 2.42. The Hall–Kier alpha value is -3.41. The second-order valence-electron chi connectivity index (χ2n) is 6.61. The summed E-state index contributed by atoms with van der Waals surface area (Å²) in [6.45, 7) is 4.47. The Morgan fingerprint density at radius 1 is 1.00 bits per heavy atom. The standard InChI is InChI=1S/C23H24O6/c1-14(2)10-11-28-16-7-8-17-19(13-16)29-20(21(17)24)12-15-6-9-18(25-3)23(27-5)22(15)26-4/h6-10,12-13H,11H2,1-5H3. The molecule has 0 N–H and O–H groups in total. The van der Waals surface area contributed by atoms with E-state index in [1.807, 2.05) is 19.9 Å². The van der Waals surface area contributed by atoms with Crippen molar-refractivity contribution in [3.05, 3.63) is 58.9 Å². The summed E-state index contributed by atoms with van der Waals surface area (Å²) in [5.74, 6) is 2.54. The van der Waals surface area contributed by atoms with Crippen molar-refractivity contribution in [3.63, 3.8) is 0 Å². The third-order valence-electron chi connectivity index (χ3n) is 4.40. The summed E-state index contributed by atoms with van der Waals surface area (Å²) in [6, 6.07) is 8.72. The van der Waals surface area contributed by atoms with Gasteiger partial charge in [0.15, 0.2) is 17.3 Å². The Balaban J connectivity index is 1.90. The van der Waals surface area contributed by atoms with Gasteiger partial charge in [-0.3, -0.25) is 4.79 Å². The molecule has 0 fully saturated rings. The monoisotopic (exact) mass is 396 g/mol. The van der Waals surface area contributed by atoms with Crippen molar-refractivity contribution in [2.45, 2.75) is 13.8 Å². The maximum absolute atomic E-state index is 12.8. The number of Topliss-reactive ketones (excluding diaryl/α,β-unsaturated/α-hetero) is 1. The van der Waals surface area contributed by atoms with Crippen LogP contribution in [-0.2, 0) is 0 Å². The Morgan fingerprint density at radius 3 is 2.41 bits per heavy atom. The maximum atomic E-state index is 12.8. The highest BCUT2D eigenvalue weighted by Gasteiger charge is 2.28. The van der Waals surface area contributed by atoms with E-state index in [9.17, 15) is 4.79 Å². The van der Waals surface area contributed by atoms with Crippen molar-refractivity contribution >= 4 is 11.9 Å². The molecule has 0 spiro atoms. The Labute approximate surface area is 170 Å². The van der Waals surface area contributed by atoms with E-state index in [0.717, 1.165) is 0 Å². The predicted octanol–water partition coefficient (Wildman–Crippen LogP) is 4.67. The van der Waals surface area contributed by atoms with Crippen LogP contribution in [0.15, 0.2) is 47.7 Å². The first-order valence-electron chi connectivity index (χ1n) is 9.12. The van der Waals surface area contributed by atoms with Crippen LogP contribution in [0.4, 0.5) is 0 Å². The number of fused-ring (bicyclic) bond motifs is 1. The summed E-state index contributed by atoms with van der Waals surface area (Å²) in [5.41, 5.74) is 2.30. The molecule has 0 aliphatic carbocycles. The fourth-order valence-corrected chi connectivity index (χ4v) is 2.94. The first-order valence-corrected chi connectivity index (χ1v) is 9.12. The van der Waals surface area contributed by atoms with Crippen molar-refractivity contribution in [2.75, 3.05) is 27.9 Å². The van der Waals surface area contributed by atoms with Crippen LogP contribution in [0.1, 0.15) is 29.8 Å². The molecule has 2 aromatic rings. The molecule has 152 valence electrons. The van der Waals surface area contributed by atoms with Gasteiger partial charge in [0, 0.05) is 11.6 Å². The lowest BCUT2D eigenvalue weighted by atomic mass is 10.1. The van der Waals surface area contributed by atoms with Crippen molar-refractivity contribution in [1.82, 2.24) is 0 Å². The van der Waals surface area contributed by atoms with Gasteiger partial charge in [0.1, 0.15) is 18.1 Å². The molecule has 1 aliphatic rings. The minimum atomic E-state index is -0.201. The minimum Gasteiger partial charge on any atom is -0.493 e. The molecule has 0 atom stereocenters. The van der Waals surface area contributed by atoms with Gasteiger partial charge in [-0.1, -0.05) is 5.57 Å². The lowest BCUT2D eigenvalue weighted by Gasteiger charge is -2.14. The zero-order valence-corrected chi connectivity index (χ0v) is 17.2. The number of rotatable bonds is 7. The fourth-order valence-electron chi connectivity index (χ4n) is 2.94. The number of hydrogen-bond acceptors (Lipinski definition) is 6. The normalized spacial score (nSPS) is 13.6. The lowest BCUT2D eigenvalue weighted by molar-refractivity contribution is 0.101. The third kappa shape index (κ3) is 4.21. The molecule has 1 aliphatic heterocycles. The number of allylic oxidation sites excluding steroid dienone is 2. The van der Waals surface area contributed by atoms with Crippen LogP contribution in [0, 0.1) is 0 Å². The SMILES string of the molecule is COc1ccc(C=C2Oc3cc(OCC=C(C)C)ccc3C2=O)c(OC)c1OC. The molecule has 0 radical (unpaired) electrons. The van der Waals surface area contributed by atoms with Crippen LogP contribution in [0.25, 0.3) is 6.08 Å². The number of hydrogen-bond donors (Lipinski definition) is 0. The van der Waals surface area contributed by atoms with Gasteiger partial charge in [-0.2, -0.15) is 0 Å². The molecular weight excluding hydrogens is 372 g/mol. The zero-order chi connectivity index (χ0) is 21.0. The molecule has 3 rings (SSSR count). The largest absolute Gasteiger partial charge is 0.493 e. The van der Waals surface area contributed by atoms with E-state index < -0.39 is 0 Å². The maximum Gasteiger partial charge on any atom is 0.231 e. The molecule has 0 unspecified atom stereocenters. The number of ketones is 1. The summed E-state index contributed by atoms with van der Waals surface area (Å²) in [5, 5.41) is 0. The zero-order valence-electron chi connectivity index (χ0n) is 17.2. The lowest BCUT2D eigenvalue weighted by Crippen LogP contribution is -2.00. The average molecular weight is 396 g/mol. The van der Waals surface area contributed by atoms with Crippen LogP contribution in [0.3, 0.4) is 0 Å². The van der Waals surface area contributed by atoms with E-state index in [1.54, 1.807) is 43.5 Å². The molecule has 6 heteroatoms. The van der Waals surface area contributed by atoms with E-state index in [4.69, 9.17) is 23.7 Å². The van der Waals surface area contributed by atoms with Crippen molar-refractivity contribution in [1.29, 1.82) is 0 Å². The Kier molecular flexibility index (Phi) is 6.12. The van der Waals surface area contributed by atoms with Gasteiger partial charge in [0.2, 0.25) is 11.5 Å². The van der Waals surface area contributed by atoms with Gasteiger partial charge in [0.05, 0.1) is 26.9 Å². The molecule has 6 nitrogen and oxygen atoms in total. The van der Waals surface area contributed by atoms with Crippen molar-refractivity contribution in [3.8, 4) is 28.7 Å². The summed E-state index contributed by atoms with van der Waals surface area (Å²) in [4.78, 5) is 12.8. The smallest absolute Gasteiger partial charge is 0.231 e. The summed E-state index contributed by atoms with van der Waals surface area (Å²) < 4.78 is 27.7. The van der Waals surface area contributed by atoms with Gasteiger partial charge in [-0.05, 0) is 50.3 Å². The number of benzene rings is 2. The molecule has 0 aromatic heterocycles. The second-order valence-corrected chi connectivity index (χ2v) is 6.61. The quantitative estimate of drug-likeness (QED) is 0.500.